The number of aliphatic carboxylic acids is 3. The highest BCUT2D eigenvalue weighted by atomic mass is 17.1. The molecule has 39 nitrogen and oxygen atoms in total. The van der Waals surface area contributed by atoms with Crippen molar-refractivity contribution >= 4 is 35.6 Å². The van der Waals surface area contributed by atoms with Crippen molar-refractivity contribution in [3.8, 4) is 0 Å². The molecular weight excluding hydrogens is 1120 g/mol. The molecular formula is C42H66N4O35. The number of aliphatic hydroxyl groups is 12. The first kappa shape index (κ1) is 65.9. The van der Waals surface area contributed by atoms with Gasteiger partial charge in [0.25, 0.3) is 0 Å². The fourth-order valence-corrected chi connectivity index (χ4v) is 9.84. The molecule has 6 heterocycles. The first-order chi connectivity index (χ1) is 38.1. The summed E-state index contributed by atoms with van der Waals surface area (Å²) >= 11 is 0. The molecule has 30 atom stereocenters. The Balaban J connectivity index is 1.27. The summed E-state index contributed by atoms with van der Waals surface area (Å²) in [5, 5.41) is 177. The smallest absolute Gasteiger partial charge is 0.335 e. The number of ether oxygens (including phenoxy) is 11. The SMILES string of the molecule is CC(=O)N[C@@H]1[C@@H](O[C@@H]2O[C@H](C(=O)O)[C@@H](O[C@@H]3O[C@H](CO)[C@@H](O)[C@H](O[C@@H]4O[C@H](C(=O)O)[C@@H](O[C@@H]5O[C@H](COO)[C@@H](O)[C@H](O[C@@H]6O[C@H](C(=O)O)[C@H](O)[C@H](O)[C@H]6O)[C@H]5NC(C)=O)[C@H](O)[C@H]4O)[C@H]3NC(C)=O)[C@H](ON)[C@H]2O)[C@H](O)[C@@H](CO)O[C@H]1O. The van der Waals surface area contributed by atoms with Crippen molar-refractivity contribution in [3.63, 3.8) is 0 Å². The van der Waals surface area contributed by atoms with Gasteiger partial charge < -0.3 is 145 Å². The van der Waals surface area contributed by atoms with Crippen LogP contribution in [0.2, 0.25) is 0 Å². The number of hydrogen-bond donors (Lipinski definition) is 20. The van der Waals surface area contributed by atoms with Crippen molar-refractivity contribution in [2.45, 2.75) is 205 Å². The minimum absolute atomic E-state index is 0.801. The molecule has 0 spiro atoms. The number of nitrogens with two attached hydrogens (primary N) is 1. The quantitative estimate of drug-likeness (QED) is 0.0375. The predicted octanol–water partition coefficient (Wildman–Crippen LogP) is -13.0. The Hall–Kier alpha value is -4.26. The van der Waals surface area contributed by atoms with Crippen LogP contribution in [0.4, 0.5) is 0 Å². The number of hydrogen-bond acceptors (Lipinski definition) is 33. The molecule has 6 aliphatic rings. The molecule has 21 N–H and O–H groups in total. The van der Waals surface area contributed by atoms with E-state index in [1.165, 1.54) is 0 Å². The number of carbonyl (C=O) groups excluding carboxylic acids is 3. The molecule has 6 aliphatic heterocycles. The third-order valence-electron chi connectivity index (χ3n) is 13.7. The van der Waals surface area contributed by atoms with E-state index < -0.39 is 239 Å². The zero-order valence-electron chi connectivity index (χ0n) is 42.4. The van der Waals surface area contributed by atoms with E-state index in [1.807, 2.05) is 0 Å². The van der Waals surface area contributed by atoms with Crippen molar-refractivity contribution in [1.29, 1.82) is 0 Å². The highest BCUT2D eigenvalue weighted by Gasteiger charge is 2.60. The molecule has 39 heteroatoms. The fourth-order valence-electron chi connectivity index (χ4n) is 9.84. The lowest BCUT2D eigenvalue weighted by Crippen LogP contribution is -2.71. The van der Waals surface area contributed by atoms with Gasteiger partial charge in [0, 0.05) is 20.8 Å². The maximum absolute atomic E-state index is 13.0. The monoisotopic (exact) mass is 1190 g/mol. The second-order valence-corrected chi connectivity index (χ2v) is 19.3. The van der Waals surface area contributed by atoms with Gasteiger partial charge in [0.15, 0.2) is 56.1 Å². The number of amides is 3. The van der Waals surface area contributed by atoms with Crippen molar-refractivity contribution in [2.24, 2.45) is 5.90 Å². The number of carboxylic acids is 3. The van der Waals surface area contributed by atoms with Crippen LogP contribution in [-0.2, 0) is 90.6 Å². The summed E-state index contributed by atoms with van der Waals surface area (Å²) < 4.78 is 61.8. The Kier molecular flexibility index (Phi) is 22.8. The summed E-state index contributed by atoms with van der Waals surface area (Å²) in [4.78, 5) is 84.2. The average Bonchev–Trinajstić information content (AvgIpc) is 3.57. The van der Waals surface area contributed by atoms with E-state index in [4.69, 9.17) is 62.8 Å². The van der Waals surface area contributed by atoms with E-state index in [1.54, 1.807) is 0 Å². The molecule has 0 aromatic heterocycles. The van der Waals surface area contributed by atoms with E-state index in [0.717, 1.165) is 20.8 Å². The second kappa shape index (κ2) is 28.1. The van der Waals surface area contributed by atoms with Gasteiger partial charge in [0.2, 0.25) is 17.7 Å². The molecule has 6 fully saturated rings. The summed E-state index contributed by atoms with van der Waals surface area (Å²) in [7, 11) is 0. The maximum atomic E-state index is 13.0. The number of rotatable bonds is 21. The standard InChI is InChI=1S/C42H66N4O35/c1-7(49)44-13-25(16(52)10(4-47)70-37(13)67)73-42-24(60)29(81-43)31(33(80-42)36(65)66)78-38-14(45-8(2)50)26(17(53)11(5-48)71-38)74-41-23(59)21(57)28(32(79-41)35(63)64)76-39-15(46-9(3)51)27(18(54)12(72-39)6-69-68)75-40-22(58)19(55)20(56)30(77-40)34(61)62/h10-33,37-42,47-48,52-60,67-68H,4-6,43H2,1-3H3,(H,44,49)(H,45,50)(H,46,51)(H,61,62)(H,63,64)(H,65,66)/t10-,11-,12-,13-,14-,15-,16-,17-,18-,19+,20-,21-,22-,23-,24-,25-,26-,27-,28+,29-,30+,31+,32+,33+,37-,38+,39+,40-,41-,42-/m1/s1. The molecule has 0 saturated carbocycles. The molecule has 0 radical (unpaired) electrons. The zero-order chi connectivity index (χ0) is 60.2. The average molecular weight is 1190 g/mol. The molecule has 81 heavy (non-hydrogen) atoms. The topological polar surface area (TPSA) is 608 Å². The predicted molar refractivity (Wildman–Crippen MR) is 240 cm³/mol. The molecule has 6 rings (SSSR count). The van der Waals surface area contributed by atoms with Crippen LogP contribution in [0.15, 0.2) is 0 Å². The van der Waals surface area contributed by atoms with E-state index in [-0.39, 0.29) is 0 Å². The van der Waals surface area contributed by atoms with Gasteiger partial charge in [-0.3, -0.25) is 24.5 Å². The van der Waals surface area contributed by atoms with Crippen LogP contribution in [0, 0.1) is 0 Å². The van der Waals surface area contributed by atoms with Crippen LogP contribution < -0.4 is 21.8 Å². The highest BCUT2D eigenvalue weighted by Crippen LogP contribution is 2.38. The van der Waals surface area contributed by atoms with Gasteiger partial charge in [0.1, 0.15) is 135 Å². The van der Waals surface area contributed by atoms with Crippen molar-refractivity contribution in [2.75, 3.05) is 19.8 Å². The van der Waals surface area contributed by atoms with E-state index >= 15 is 0 Å². The Morgan fingerprint density at radius 2 is 0.778 bits per heavy atom. The number of nitrogens with one attached hydrogen (secondary N) is 3. The lowest BCUT2D eigenvalue weighted by Gasteiger charge is -2.50. The number of carboxylic acid groups (broad SMARTS) is 3. The highest BCUT2D eigenvalue weighted by molar-refractivity contribution is 5.75. The summed E-state index contributed by atoms with van der Waals surface area (Å²) in [6, 6.07) is -5.61. The van der Waals surface area contributed by atoms with Crippen LogP contribution in [0.1, 0.15) is 20.8 Å². The normalized spacial score (nSPS) is 45.7. The summed E-state index contributed by atoms with van der Waals surface area (Å²) in [5.41, 5.74) is 0. The van der Waals surface area contributed by atoms with Gasteiger partial charge in [-0.25, -0.2) is 25.2 Å². The minimum atomic E-state index is -2.54. The Morgan fingerprint density at radius 3 is 1.22 bits per heavy atom. The van der Waals surface area contributed by atoms with Gasteiger partial charge in [-0.05, 0) is 0 Å². The van der Waals surface area contributed by atoms with Crippen LogP contribution in [0.3, 0.4) is 0 Å². The third-order valence-corrected chi connectivity index (χ3v) is 13.7. The molecule has 0 aliphatic carbocycles. The van der Waals surface area contributed by atoms with E-state index in [0.29, 0.717) is 0 Å². The molecule has 0 unspecified atom stereocenters. The Morgan fingerprint density at radius 1 is 0.407 bits per heavy atom. The maximum Gasteiger partial charge on any atom is 0.335 e. The summed E-state index contributed by atoms with van der Waals surface area (Å²) in [6.45, 7) is -0.271. The van der Waals surface area contributed by atoms with Crippen LogP contribution in [0.25, 0.3) is 0 Å². The molecule has 0 bridgehead atoms. The molecule has 464 valence electrons. The number of aliphatic hydroxyl groups excluding tert-OH is 12. The summed E-state index contributed by atoms with van der Waals surface area (Å²) in [5.74, 6) is -3.03. The van der Waals surface area contributed by atoms with Gasteiger partial charge in [0.05, 0.1) is 13.2 Å². The lowest BCUT2D eigenvalue weighted by atomic mass is 9.93. The van der Waals surface area contributed by atoms with Crippen molar-refractivity contribution in [3.05, 3.63) is 0 Å². The molecule has 0 aromatic rings. The lowest BCUT2D eigenvalue weighted by molar-refractivity contribution is -0.381. The van der Waals surface area contributed by atoms with E-state index in [2.05, 4.69) is 20.8 Å². The zero-order valence-corrected chi connectivity index (χ0v) is 42.4. The first-order valence-electron chi connectivity index (χ1n) is 24.4. The van der Waals surface area contributed by atoms with Crippen LogP contribution in [0.5, 0.6) is 0 Å². The van der Waals surface area contributed by atoms with Crippen LogP contribution in [-0.4, -0.2) is 321 Å². The minimum Gasteiger partial charge on any atom is -0.479 e. The van der Waals surface area contributed by atoms with Crippen LogP contribution >= 0.6 is 0 Å². The van der Waals surface area contributed by atoms with Crippen molar-refractivity contribution < 1.29 is 172 Å². The summed E-state index contributed by atoms with van der Waals surface area (Å²) in [6.07, 6.45) is -58.8. The largest absolute Gasteiger partial charge is 0.479 e. The Labute approximate surface area is 454 Å². The number of carbonyl (C=O) groups is 6. The second-order valence-electron chi connectivity index (χ2n) is 19.3. The van der Waals surface area contributed by atoms with E-state index in [9.17, 15) is 111 Å². The molecule has 6 saturated heterocycles. The fraction of sp³-hybridized carbons (Fsp3) is 0.857. The first-order valence-corrected chi connectivity index (χ1v) is 24.4. The Bertz CT molecular complexity index is 2160. The van der Waals surface area contributed by atoms with Gasteiger partial charge in [-0.15, -0.1) is 0 Å². The van der Waals surface area contributed by atoms with Gasteiger partial charge in [-0.2, -0.15) is 0 Å². The van der Waals surface area contributed by atoms with Gasteiger partial charge in [-0.1, -0.05) is 0 Å². The van der Waals surface area contributed by atoms with Crippen molar-refractivity contribution in [1.82, 2.24) is 16.0 Å². The third kappa shape index (κ3) is 14.5. The van der Waals surface area contributed by atoms with Gasteiger partial charge >= 0.3 is 17.9 Å². The molecule has 0 aromatic carbocycles. The molecule has 3 amide bonds.